The van der Waals surface area contributed by atoms with Crippen LogP contribution in [-0.4, -0.2) is 27.4 Å². The van der Waals surface area contributed by atoms with Gasteiger partial charge in [0.1, 0.15) is 0 Å². The van der Waals surface area contributed by atoms with E-state index in [9.17, 15) is 0 Å². The number of ether oxygens (including phenoxy) is 2. The normalized spacial score (nSPS) is 14.3. The molecule has 0 aromatic rings. The molecule has 0 N–H and O–H groups in total. The second-order valence-corrected chi connectivity index (χ2v) is 6.02. The first-order valence-electron chi connectivity index (χ1n) is 6.97. The van der Waals surface area contributed by atoms with Crippen molar-refractivity contribution < 1.29 is 9.47 Å². The van der Waals surface area contributed by atoms with Crippen molar-refractivity contribution in [3.05, 3.63) is 0 Å². The van der Waals surface area contributed by atoms with Crippen molar-refractivity contribution in [2.45, 2.75) is 53.4 Å². The first-order valence-corrected chi connectivity index (χ1v) is 6.97. The van der Waals surface area contributed by atoms with Crippen LogP contribution in [0.1, 0.15) is 53.4 Å². The Labute approximate surface area is 108 Å². The molecule has 2 heteroatoms. The molecule has 0 aliphatic heterocycles. The Bertz CT molecular complexity index is 172. The second-order valence-electron chi connectivity index (χ2n) is 6.02. The molecule has 0 rings (SSSR count). The van der Waals surface area contributed by atoms with Gasteiger partial charge in [0.05, 0.1) is 13.2 Å². The van der Waals surface area contributed by atoms with E-state index >= 15 is 0 Å². The van der Waals surface area contributed by atoms with E-state index in [1.807, 2.05) is 0 Å². The molecule has 0 bridgehead atoms. The average molecular weight is 244 g/mol. The first kappa shape index (κ1) is 16.9. The van der Waals surface area contributed by atoms with Gasteiger partial charge in [0.2, 0.25) is 0 Å². The van der Waals surface area contributed by atoms with Crippen molar-refractivity contribution >= 4 is 0 Å². The van der Waals surface area contributed by atoms with Crippen LogP contribution >= 0.6 is 0 Å². The molecule has 0 aromatic heterocycles. The van der Waals surface area contributed by atoms with Gasteiger partial charge in [-0.15, -0.1) is 0 Å². The first-order chi connectivity index (χ1) is 7.99. The van der Waals surface area contributed by atoms with Crippen molar-refractivity contribution in [3.63, 3.8) is 0 Å². The highest BCUT2D eigenvalue weighted by atomic mass is 16.5. The highest BCUT2D eigenvalue weighted by molar-refractivity contribution is 4.81. The molecule has 2 nitrogen and oxygen atoms in total. The summed E-state index contributed by atoms with van der Waals surface area (Å²) in [5.41, 5.74) is 0.212. The SMILES string of the molecule is CCC(C)CC(CCC(C)C)(COC)COC. The smallest absolute Gasteiger partial charge is 0.0540 e. The summed E-state index contributed by atoms with van der Waals surface area (Å²) in [6.07, 6.45) is 4.90. The van der Waals surface area contributed by atoms with Gasteiger partial charge in [-0.05, 0) is 24.7 Å². The summed E-state index contributed by atoms with van der Waals surface area (Å²) in [5, 5.41) is 0. The molecule has 0 fully saturated rings. The molecule has 0 radical (unpaired) electrons. The fourth-order valence-corrected chi connectivity index (χ4v) is 2.50. The van der Waals surface area contributed by atoms with Gasteiger partial charge in [-0.3, -0.25) is 0 Å². The van der Waals surface area contributed by atoms with Crippen molar-refractivity contribution in [2.24, 2.45) is 17.3 Å². The highest BCUT2D eigenvalue weighted by Gasteiger charge is 2.31. The molecule has 0 aliphatic carbocycles. The fourth-order valence-electron chi connectivity index (χ4n) is 2.50. The molecule has 0 spiro atoms. The minimum absolute atomic E-state index is 0.212. The van der Waals surface area contributed by atoms with E-state index in [1.54, 1.807) is 14.2 Å². The molecule has 104 valence electrons. The summed E-state index contributed by atoms with van der Waals surface area (Å²) in [6, 6.07) is 0. The monoisotopic (exact) mass is 244 g/mol. The Balaban J connectivity index is 4.58. The summed E-state index contributed by atoms with van der Waals surface area (Å²) in [4.78, 5) is 0. The van der Waals surface area contributed by atoms with Crippen LogP contribution in [0, 0.1) is 17.3 Å². The lowest BCUT2D eigenvalue weighted by Gasteiger charge is -2.35. The van der Waals surface area contributed by atoms with Crippen LogP contribution in [0.2, 0.25) is 0 Å². The standard InChI is InChI=1S/C15H32O2/c1-7-14(4)10-15(11-16-5,12-17-6)9-8-13(2)3/h13-14H,7-12H2,1-6H3. The van der Waals surface area contributed by atoms with E-state index in [4.69, 9.17) is 9.47 Å². The molecule has 0 saturated heterocycles. The van der Waals surface area contributed by atoms with Crippen LogP contribution in [-0.2, 0) is 9.47 Å². The lowest BCUT2D eigenvalue weighted by atomic mass is 9.75. The summed E-state index contributed by atoms with van der Waals surface area (Å²) in [7, 11) is 3.60. The van der Waals surface area contributed by atoms with E-state index in [-0.39, 0.29) is 5.41 Å². The third kappa shape index (κ3) is 7.05. The topological polar surface area (TPSA) is 18.5 Å². The van der Waals surface area contributed by atoms with Crippen LogP contribution in [0.15, 0.2) is 0 Å². The predicted octanol–water partition coefficient (Wildman–Crippen LogP) is 4.14. The van der Waals surface area contributed by atoms with Crippen LogP contribution in [0.25, 0.3) is 0 Å². The summed E-state index contributed by atoms with van der Waals surface area (Å²) in [6.45, 7) is 10.8. The van der Waals surface area contributed by atoms with Gasteiger partial charge in [-0.1, -0.05) is 40.5 Å². The maximum Gasteiger partial charge on any atom is 0.0540 e. The molecular formula is C15H32O2. The molecule has 0 aromatic carbocycles. The summed E-state index contributed by atoms with van der Waals surface area (Å²) in [5.74, 6) is 1.49. The lowest BCUT2D eigenvalue weighted by Crippen LogP contribution is -2.34. The molecule has 1 atom stereocenters. The molecule has 1 unspecified atom stereocenters. The van der Waals surface area contributed by atoms with E-state index in [0.717, 1.165) is 25.0 Å². The third-order valence-corrected chi connectivity index (χ3v) is 3.63. The zero-order valence-corrected chi connectivity index (χ0v) is 12.7. The third-order valence-electron chi connectivity index (χ3n) is 3.63. The molecule has 0 saturated carbocycles. The number of hydrogen-bond donors (Lipinski definition) is 0. The molecule has 17 heavy (non-hydrogen) atoms. The van der Waals surface area contributed by atoms with Gasteiger partial charge in [0.25, 0.3) is 0 Å². The molecule has 0 heterocycles. The quantitative estimate of drug-likeness (QED) is 0.575. The lowest BCUT2D eigenvalue weighted by molar-refractivity contribution is -0.0135. The molecule has 0 amide bonds. The Morgan fingerprint density at radius 2 is 1.53 bits per heavy atom. The van der Waals surface area contributed by atoms with Crippen molar-refractivity contribution in [1.29, 1.82) is 0 Å². The number of methoxy groups -OCH3 is 2. The summed E-state index contributed by atoms with van der Waals surface area (Å²) < 4.78 is 10.9. The van der Waals surface area contributed by atoms with Crippen LogP contribution in [0.3, 0.4) is 0 Å². The predicted molar refractivity (Wildman–Crippen MR) is 74.3 cm³/mol. The van der Waals surface area contributed by atoms with Gasteiger partial charge in [0, 0.05) is 19.6 Å². The van der Waals surface area contributed by atoms with Gasteiger partial charge in [0.15, 0.2) is 0 Å². The Morgan fingerprint density at radius 3 is 1.88 bits per heavy atom. The maximum atomic E-state index is 5.46. The van der Waals surface area contributed by atoms with E-state index in [0.29, 0.717) is 0 Å². The highest BCUT2D eigenvalue weighted by Crippen LogP contribution is 2.35. The minimum atomic E-state index is 0.212. The van der Waals surface area contributed by atoms with Gasteiger partial charge >= 0.3 is 0 Å². The maximum absolute atomic E-state index is 5.46. The Kier molecular flexibility index (Phi) is 8.89. The van der Waals surface area contributed by atoms with Gasteiger partial charge < -0.3 is 9.47 Å². The fraction of sp³-hybridized carbons (Fsp3) is 1.00. The van der Waals surface area contributed by atoms with Crippen molar-refractivity contribution in [3.8, 4) is 0 Å². The molecule has 0 aliphatic rings. The Hall–Kier alpha value is -0.0800. The van der Waals surface area contributed by atoms with Crippen LogP contribution < -0.4 is 0 Å². The summed E-state index contributed by atoms with van der Waals surface area (Å²) >= 11 is 0. The van der Waals surface area contributed by atoms with Crippen LogP contribution in [0.4, 0.5) is 0 Å². The van der Waals surface area contributed by atoms with Gasteiger partial charge in [-0.2, -0.15) is 0 Å². The van der Waals surface area contributed by atoms with Crippen molar-refractivity contribution in [1.82, 2.24) is 0 Å². The largest absolute Gasteiger partial charge is 0.384 e. The van der Waals surface area contributed by atoms with Gasteiger partial charge in [-0.25, -0.2) is 0 Å². The minimum Gasteiger partial charge on any atom is -0.384 e. The zero-order chi connectivity index (χ0) is 13.3. The Morgan fingerprint density at radius 1 is 1.00 bits per heavy atom. The number of rotatable bonds is 10. The van der Waals surface area contributed by atoms with Crippen LogP contribution in [0.5, 0.6) is 0 Å². The van der Waals surface area contributed by atoms with E-state index < -0.39 is 0 Å². The molecular weight excluding hydrogens is 212 g/mol. The zero-order valence-electron chi connectivity index (χ0n) is 12.7. The average Bonchev–Trinajstić information content (AvgIpc) is 2.27. The number of hydrogen-bond acceptors (Lipinski definition) is 2. The van der Waals surface area contributed by atoms with E-state index in [2.05, 4.69) is 27.7 Å². The van der Waals surface area contributed by atoms with Crippen molar-refractivity contribution in [2.75, 3.05) is 27.4 Å². The second kappa shape index (κ2) is 8.93. The van der Waals surface area contributed by atoms with E-state index in [1.165, 1.54) is 25.7 Å².